The standard InChI is InChI=1S/C19H23ClN2O/c1-2-23-19-9-7-18(8-10-19)22-12-15(11-17(21)13-22)14-3-5-16(20)6-4-14/h3-10,15,17H,2,11-13,21H2,1H3. The van der Waals surface area contributed by atoms with Crippen molar-refractivity contribution in [2.45, 2.75) is 25.3 Å². The predicted molar refractivity (Wildman–Crippen MR) is 96.6 cm³/mol. The van der Waals surface area contributed by atoms with Crippen LogP contribution in [-0.4, -0.2) is 25.7 Å². The van der Waals surface area contributed by atoms with Crippen LogP contribution in [0.1, 0.15) is 24.8 Å². The third kappa shape index (κ3) is 3.98. The van der Waals surface area contributed by atoms with E-state index in [1.165, 1.54) is 11.3 Å². The first-order valence-electron chi connectivity index (χ1n) is 8.14. The third-order valence-electron chi connectivity index (χ3n) is 4.34. The summed E-state index contributed by atoms with van der Waals surface area (Å²) >= 11 is 6.00. The highest BCUT2D eigenvalue weighted by Crippen LogP contribution is 2.31. The second-order valence-corrected chi connectivity index (χ2v) is 6.51. The van der Waals surface area contributed by atoms with Gasteiger partial charge in [-0.15, -0.1) is 0 Å². The Labute approximate surface area is 143 Å². The number of anilines is 1. The molecule has 0 aromatic heterocycles. The molecule has 0 bridgehead atoms. The molecule has 0 spiro atoms. The highest BCUT2D eigenvalue weighted by Gasteiger charge is 2.26. The molecule has 2 aromatic rings. The quantitative estimate of drug-likeness (QED) is 0.918. The molecule has 0 aliphatic carbocycles. The second kappa shape index (κ2) is 7.24. The van der Waals surface area contributed by atoms with Gasteiger partial charge in [0.2, 0.25) is 0 Å². The number of ether oxygens (including phenoxy) is 1. The molecule has 1 saturated heterocycles. The maximum absolute atomic E-state index is 6.31. The molecule has 2 unspecified atom stereocenters. The van der Waals surface area contributed by atoms with Crippen LogP contribution in [0.15, 0.2) is 48.5 Å². The first-order valence-corrected chi connectivity index (χ1v) is 8.52. The van der Waals surface area contributed by atoms with Crippen LogP contribution in [-0.2, 0) is 0 Å². The molecule has 4 heteroatoms. The van der Waals surface area contributed by atoms with Crippen LogP contribution in [0.4, 0.5) is 5.69 Å². The summed E-state index contributed by atoms with van der Waals surface area (Å²) in [5.41, 5.74) is 8.81. The van der Waals surface area contributed by atoms with E-state index in [0.29, 0.717) is 12.5 Å². The number of nitrogens with two attached hydrogens (primary N) is 1. The molecule has 1 aliphatic rings. The van der Waals surface area contributed by atoms with Crippen molar-refractivity contribution in [3.05, 3.63) is 59.1 Å². The lowest BCUT2D eigenvalue weighted by Crippen LogP contribution is -2.46. The molecule has 3 rings (SSSR count). The number of halogens is 1. The van der Waals surface area contributed by atoms with Crippen molar-refractivity contribution in [1.82, 2.24) is 0 Å². The Bertz CT molecular complexity index is 627. The van der Waals surface area contributed by atoms with E-state index in [1.807, 2.05) is 31.2 Å². The molecule has 122 valence electrons. The second-order valence-electron chi connectivity index (χ2n) is 6.08. The number of benzene rings is 2. The first kappa shape index (κ1) is 16.2. The molecule has 2 atom stereocenters. The number of nitrogens with zero attached hydrogens (tertiary/aromatic N) is 1. The number of piperidine rings is 1. The minimum Gasteiger partial charge on any atom is -0.494 e. The summed E-state index contributed by atoms with van der Waals surface area (Å²) in [4.78, 5) is 2.36. The Morgan fingerprint density at radius 1 is 1.09 bits per heavy atom. The summed E-state index contributed by atoms with van der Waals surface area (Å²) in [5.74, 6) is 1.34. The molecule has 3 nitrogen and oxygen atoms in total. The van der Waals surface area contributed by atoms with Crippen LogP contribution >= 0.6 is 11.6 Å². The first-order chi connectivity index (χ1) is 11.2. The van der Waals surface area contributed by atoms with Crippen LogP contribution < -0.4 is 15.4 Å². The van der Waals surface area contributed by atoms with E-state index in [0.717, 1.165) is 30.3 Å². The fourth-order valence-electron chi connectivity index (χ4n) is 3.25. The third-order valence-corrected chi connectivity index (χ3v) is 4.59. The summed E-state index contributed by atoms with van der Waals surface area (Å²) in [7, 11) is 0. The van der Waals surface area contributed by atoms with Crippen LogP contribution in [0, 0.1) is 0 Å². The minimum absolute atomic E-state index is 0.177. The summed E-state index contributed by atoms with van der Waals surface area (Å²) in [6, 6.07) is 16.6. The number of hydrogen-bond donors (Lipinski definition) is 1. The van der Waals surface area contributed by atoms with Crippen molar-refractivity contribution in [2.75, 3.05) is 24.6 Å². The fourth-order valence-corrected chi connectivity index (χ4v) is 3.37. The van der Waals surface area contributed by atoms with Crippen molar-refractivity contribution < 1.29 is 4.74 Å². The average molecular weight is 331 g/mol. The van der Waals surface area contributed by atoms with Crippen molar-refractivity contribution >= 4 is 17.3 Å². The van der Waals surface area contributed by atoms with Gasteiger partial charge in [0.15, 0.2) is 0 Å². The monoisotopic (exact) mass is 330 g/mol. The van der Waals surface area contributed by atoms with Crippen molar-refractivity contribution in [2.24, 2.45) is 5.73 Å². The maximum Gasteiger partial charge on any atom is 0.119 e. The van der Waals surface area contributed by atoms with Crippen LogP contribution in [0.3, 0.4) is 0 Å². The molecule has 2 N–H and O–H groups in total. The molecule has 1 fully saturated rings. The van der Waals surface area contributed by atoms with E-state index in [1.54, 1.807) is 0 Å². The number of rotatable bonds is 4. The van der Waals surface area contributed by atoms with Crippen LogP contribution in [0.2, 0.25) is 5.02 Å². The lowest BCUT2D eigenvalue weighted by Gasteiger charge is -2.38. The Morgan fingerprint density at radius 2 is 1.78 bits per heavy atom. The lowest BCUT2D eigenvalue weighted by atomic mass is 9.88. The van der Waals surface area contributed by atoms with Gasteiger partial charge >= 0.3 is 0 Å². The van der Waals surface area contributed by atoms with Gasteiger partial charge in [0.25, 0.3) is 0 Å². The maximum atomic E-state index is 6.31. The van der Waals surface area contributed by atoms with Gasteiger partial charge in [0.05, 0.1) is 6.61 Å². The Morgan fingerprint density at radius 3 is 2.43 bits per heavy atom. The highest BCUT2D eigenvalue weighted by atomic mass is 35.5. The van der Waals surface area contributed by atoms with Gasteiger partial charge < -0.3 is 15.4 Å². The zero-order valence-corrected chi connectivity index (χ0v) is 14.2. The smallest absolute Gasteiger partial charge is 0.119 e. The average Bonchev–Trinajstić information content (AvgIpc) is 2.56. The van der Waals surface area contributed by atoms with Gasteiger partial charge in [-0.3, -0.25) is 0 Å². The molecule has 1 aliphatic heterocycles. The molecular formula is C19H23ClN2O. The normalized spacial score (nSPS) is 21.3. The van der Waals surface area contributed by atoms with Gasteiger partial charge in [-0.05, 0) is 55.3 Å². The van der Waals surface area contributed by atoms with Gasteiger partial charge in [-0.25, -0.2) is 0 Å². The summed E-state index contributed by atoms with van der Waals surface area (Å²) in [5, 5.41) is 0.775. The Kier molecular flexibility index (Phi) is 5.09. The molecule has 0 radical (unpaired) electrons. The van der Waals surface area contributed by atoms with Crippen molar-refractivity contribution in [3.8, 4) is 5.75 Å². The highest BCUT2D eigenvalue weighted by molar-refractivity contribution is 6.30. The Hall–Kier alpha value is -1.71. The van der Waals surface area contributed by atoms with E-state index < -0.39 is 0 Å². The molecule has 1 heterocycles. The van der Waals surface area contributed by atoms with E-state index in [4.69, 9.17) is 22.1 Å². The SMILES string of the molecule is CCOc1ccc(N2CC(N)CC(c3ccc(Cl)cc3)C2)cc1. The molecule has 0 amide bonds. The largest absolute Gasteiger partial charge is 0.494 e. The van der Waals surface area contributed by atoms with E-state index in [2.05, 4.69) is 29.2 Å². The van der Waals surface area contributed by atoms with Gasteiger partial charge in [0, 0.05) is 35.8 Å². The molecule has 23 heavy (non-hydrogen) atoms. The minimum atomic E-state index is 0.177. The topological polar surface area (TPSA) is 38.5 Å². The van der Waals surface area contributed by atoms with Gasteiger partial charge in [0.1, 0.15) is 5.75 Å². The van der Waals surface area contributed by atoms with E-state index in [9.17, 15) is 0 Å². The van der Waals surface area contributed by atoms with Crippen molar-refractivity contribution in [3.63, 3.8) is 0 Å². The molecule has 2 aromatic carbocycles. The zero-order valence-electron chi connectivity index (χ0n) is 13.4. The lowest BCUT2D eigenvalue weighted by molar-refractivity contribution is 0.340. The number of hydrogen-bond acceptors (Lipinski definition) is 3. The van der Waals surface area contributed by atoms with Crippen LogP contribution in [0.25, 0.3) is 0 Å². The van der Waals surface area contributed by atoms with E-state index >= 15 is 0 Å². The summed E-state index contributed by atoms with van der Waals surface area (Å²) in [6.45, 7) is 4.54. The van der Waals surface area contributed by atoms with Gasteiger partial charge in [-0.1, -0.05) is 23.7 Å². The zero-order chi connectivity index (χ0) is 16.2. The fraction of sp³-hybridized carbons (Fsp3) is 0.368. The van der Waals surface area contributed by atoms with E-state index in [-0.39, 0.29) is 6.04 Å². The van der Waals surface area contributed by atoms with Gasteiger partial charge in [-0.2, -0.15) is 0 Å². The Balaban J connectivity index is 1.76. The molecule has 0 saturated carbocycles. The molecular weight excluding hydrogens is 308 g/mol. The summed E-state index contributed by atoms with van der Waals surface area (Å²) in [6.07, 6.45) is 1.01. The van der Waals surface area contributed by atoms with Crippen molar-refractivity contribution in [1.29, 1.82) is 0 Å². The van der Waals surface area contributed by atoms with Crippen LogP contribution in [0.5, 0.6) is 5.75 Å². The predicted octanol–water partition coefficient (Wildman–Crippen LogP) is 4.06. The summed E-state index contributed by atoms with van der Waals surface area (Å²) < 4.78 is 5.52.